The van der Waals surface area contributed by atoms with E-state index in [1.165, 1.54) is 63.5 Å². The maximum atomic E-state index is 14.6. The van der Waals surface area contributed by atoms with Crippen LogP contribution in [0.15, 0.2) is 81.6 Å². The lowest BCUT2D eigenvalue weighted by atomic mass is 9.92. The Bertz CT molecular complexity index is 2350. The van der Waals surface area contributed by atoms with Gasteiger partial charge in [-0.05, 0) is 60.2 Å². The van der Waals surface area contributed by atoms with Crippen LogP contribution in [0.4, 0.5) is 14.5 Å². The number of aromatic nitrogens is 1. The molecule has 0 saturated heterocycles. The van der Waals surface area contributed by atoms with Crippen LogP contribution in [0.25, 0.3) is 56.0 Å². The number of aliphatic hydroxyl groups is 2. The Morgan fingerprint density at radius 3 is 2.28 bits per heavy atom. The topological polar surface area (TPSA) is 155 Å². The highest BCUT2D eigenvalue weighted by atomic mass is 32.2. The van der Waals surface area contributed by atoms with E-state index in [4.69, 9.17) is 13.6 Å². The fourth-order valence-corrected chi connectivity index (χ4v) is 6.73. The summed E-state index contributed by atoms with van der Waals surface area (Å²) < 4.78 is 74.2. The van der Waals surface area contributed by atoms with Crippen LogP contribution in [-0.2, 0) is 10.0 Å². The van der Waals surface area contributed by atoms with E-state index < -0.39 is 46.2 Å². The molecular weight excluding hydrogens is 672 g/mol. The van der Waals surface area contributed by atoms with Gasteiger partial charge in [0.15, 0.2) is 11.4 Å². The van der Waals surface area contributed by atoms with Crippen LogP contribution in [0.2, 0.25) is 0 Å². The van der Waals surface area contributed by atoms with Gasteiger partial charge < -0.3 is 29.1 Å². The van der Waals surface area contributed by atoms with Crippen LogP contribution < -0.4 is 14.4 Å². The number of benzene rings is 4. The zero-order valence-electron chi connectivity index (χ0n) is 27.5. The van der Waals surface area contributed by atoms with Gasteiger partial charge in [0.05, 0.1) is 43.4 Å². The molecule has 0 bridgehead atoms. The average molecular weight is 706 g/mol. The smallest absolute Gasteiger partial charge is 0.255 e. The summed E-state index contributed by atoms with van der Waals surface area (Å²) in [4.78, 5) is 17.8. The van der Waals surface area contributed by atoms with Crippen molar-refractivity contribution >= 4 is 43.7 Å². The lowest BCUT2D eigenvalue weighted by molar-refractivity contribution is 0.0781. The number of carbonyl (C=O) groups excluding carboxylic acids is 1. The number of carbonyl (C=O) groups is 1. The summed E-state index contributed by atoms with van der Waals surface area (Å²) in [6.45, 7) is 0.123. The third-order valence-electron chi connectivity index (χ3n) is 8.44. The van der Waals surface area contributed by atoms with E-state index in [1.54, 1.807) is 30.3 Å². The number of ether oxygens (including phenoxy) is 1. The second kappa shape index (κ2) is 13.2. The Labute approximate surface area is 285 Å². The molecule has 14 heteroatoms. The quantitative estimate of drug-likeness (QED) is 0.148. The number of para-hydroxylation sites is 1. The molecule has 50 heavy (non-hydrogen) atoms. The molecular formula is C36H33F2N3O8S. The minimum Gasteiger partial charge on any atom is -0.496 e. The summed E-state index contributed by atoms with van der Waals surface area (Å²) in [6.07, 6.45) is 0.991. The third-order valence-corrected chi connectivity index (χ3v) is 9.56. The number of oxazole rings is 1. The average Bonchev–Trinajstić information content (AvgIpc) is 3.72. The summed E-state index contributed by atoms with van der Waals surface area (Å²) in [5.41, 5.74) is 0.710. The van der Waals surface area contributed by atoms with Crippen LogP contribution in [0.3, 0.4) is 0 Å². The van der Waals surface area contributed by atoms with E-state index in [1.807, 2.05) is 0 Å². The van der Waals surface area contributed by atoms with Crippen molar-refractivity contribution in [2.75, 3.05) is 44.5 Å². The van der Waals surface area contributed by atoms with Crippen molar-refractivity contribution in [1.29, 1.82) is 0 Å². The standard InChI is InChI=1S/C36H33F2N3O8S/c1-36(18-42,19-43)17-41(50(4,45)46)27-16-30-24(31(34(44)39-2)33(48-30)20-8-11-22(37)12-9-20)15-23(27)21-10-13-28(47-3)25(14-21)35-40-32-26(38)6-5-7-29(32)49-35/h5-16,42-43H,17-19H2,1-4H3,(H,39,44). The van der Waals surface area contributed by atoms with Gasteiger partial charge in [-0.15, -0.1) is 0 Å². The lowest BCUT2D eigenvalue weighted by Gasteiger charge is -2.33. The number of sulfonamides is 1. The first-order chi connectivity index (χ1) is 23.8. The Balaban J connectivity index is 1.68. The lowest BCUT2D eigenvalue weighted by Crippen LogP contribution is -2.43. The predicted molar refractivity (Wildman–Crippen MR) is 184 cm³/mol. The van der Waals surface area contributed by atoms with E-state index in [2.05, 4.69) is 10.3 Å². The minimum absolute atomic E-state index is 0.00884. The van der Waals surface area contributed by atoms with Crippen molar-refractivity contribution < 1.29 is 45.8 Å². The highest BCUT2D eigenvalue weighted by Crippen LogP contribution is 2.44. The fraction of sp³-hybridized carbons (Fsp3) is 0.222. The van der Waals surface area contributed by atoms with Gasteiger partial charge in [0.25, 0.3) is 5.91 Å². The second-order valence-corrected chi connectivity index (χ2v) is 14.1. The Kier molecular flexibility index (Phi) is 9.12. The number of methoxy groups -OCH3 is 1. The number of nitrogens with zero attached hydrogens (tertiary/aromatic N) is 2. The van der Waals surface area contributed by atoms with Gasteiger partial charge in [-0.3, -0.25) is 9.10 Å². The molecule has 0 radical (unpaired) electrons. The first-order valence-corrected chi connectivity index (χ1v) is 17.2. The Morgan fingerprint density at radius 1 is 0.960 bits per heavy atom. The molecule has 0 aliphatic heterocycles. The number of hydrogen-bond donors (Lipinski definition) is 3. The molecule has 2 heterocycles. The molecule has 260 valence electrons. The summed E-state index contributed by atoms with van der Waals surface area (Å²) in [7, 11) is -1.22. The van der Waals surface area contributed by atoms with Gasteiger partial charge in [-0.1, -0.05) is 19.1 Å². The summed E-state index contributed by atoms with van der Waals surface area (Å²) in [5, 5.41) is 23.2. The zero-order chi connectivity index (χ0) is 36.0. The van der Waals surface area contributed by atoms with E-state index >= 15 is 0 Å². The molecule has 0 aliphatic carbocycles. The van der Waals surface area contributed by atoms with Gasteiger partial charge in [0, 0.05) is 41.6 Å². The maximum absolute atomic E-state index is 14.6. The molecule has 3 N–H and O–H groups in total. The van der Waals surface area contributed by atoms with Gasteiger partial charge >= 0.3 is 0 Å². The van der Waals surface area contributed by atoms with Crippen LogP contribution >= 0.6 is 0 Å². The zero-order valence-corrected chi connectivity index (χ0v) is 28.3. The Hall–Kier alpha value is -5.31. The van der Waals surface area contributed by atoms with Gasteiger partial charge in [0.1, 0.15) is 28.4 Å². The van der Waals surface area contributed by atoms with Crippen LogP contribution in [-0.4, -0.2) is 69.7 Å². The molecule has 0 saturated carbocycles. The summed E-state index contributed by atoms with van der Waals surface area (Å²) in [6, 6.07) is 17.6. The van der Waals surface area contributed by atoms with Crippen LogP contribution in [0.5, 0.6) is 5.75 Å². The highest BCUT2D eigenvalue weighted by molar-refractivity contribution is 7.92. The minimum atomic E-state index is -4.10. The molecule has 6 rings (SSSR count). The number of aliphatic hydroxyl groups excluding tert-OH is 2. The van der Waals surface area contributed by atoms with E-state index in [0.717, 1.165) is 10.6 Å². The molecule has 4 aromatic carbocycles. The first kappa shape index (κ1) is 34.5. The van der Waals surface area contributed by atoms with E-state index in [-0.39, 0.29) is 46.1 Å². The second-order valence-electron chi connectivity index (χ2n) is 12.2. The van der Waals surface area contributed by atoms with Gasteiger partial charge in [0.2, 0.25) is 15.9 Å². The maximum Gasteiger partial charge on any atom is 0.255 e. The third kappa shape index (κ3) is 6.28. The Morgan fingerprint density at radius 2 is 1.66 bits per heavy atom. The number of furan rings is 1. The summed E-state index contributed by atoms with van der Waals surface area (Å²) in [5.74, 6) is -1.12. The first-order valence-electron chi connectivity index (χ1n) is 15.3. The number of rotatable bonds is 11. The van der Waals surface area contributed by atoms with E-state index in [0.29, 0.717) is 33.4 Å². The normalized spacial score (nSPS) is 12.1. The van der Waals surface area contributed by atoms with Crippen molar-refractivity contribution in [1.82, 2.24) is 10.3 Å². The summed E-state index contributed by atoms with van der Waals surface area (Å²) >= 11 is 0. The molecule has 0 aliphatic rings. The highest BCUT2D eigenvalue weighted by Gasteiger charge is 2.33. The number of amides is 1. The number of halogens is 2. The van der Waals surface area contributed by atoms with Crippen LogP contribution in [0.1, 0.15) is 17.3 Å². The molecule has 11 nitrogen and oxygen atoms in total. The van der Waals surface area contributed by atoms with E-state index in [9.17, 15) is 32.2 Å². The SMILES string of the molecule is CNC(=O)c1c(-c2ccc(F)cc2)oc2cc(N(CC(C)(CO)CO)S(C)(=O)=O)c(-c3ccc(OC)c(-c4nc5c(F)cccc5o4)c3)cc12. The molecule has 0 unspecified atom stereocenters. The van der Waals surface area contributed by atoms with Crippen molar-refractivity contribution in [3.8, 4) is 39.7 Å². The molecule has 0 atom stereocenters. The molecule has 6 aromatic rings. The van der Waals surface area contributed by atoms with Gasteiger partial charge in [-0.2, -0.15) is 0 Å². The number of hydrogen-bond acceptors (Lipinski definition) is 9. The van der Waals surface area contributed by atoms with Crippen molar-refractivity contribution in [3.63, 3.8) is 0 Å². The predicted octanol–water partition coefficient (Wildman–Crippen LogP) is 5.98. The fourth-order valence-electron chi connectivity index (χ4n) is 5.68. The van der Waals surface area contributed by atoms with Gasteiger partial charge in [-0.25, -0.2) is 22.2 Å². The number of nitrogens with one attached hydrogen (secondary N) is 1. The van der Waals surface area contributed by atoms with Crippen LogP contribution in [0, 0.1) is 17.0 Å². The van der Waals surface area contributed by atoms with Crippen molar-refractivity contribution in [3.05, 3.63) is 90.0 Å². The molecule has 2 aromatic heterocycles. The molecule has 0 fully saturated rings. The van der Waals surface area contributed by atoms with Crippen molar-refractivity contribution in [2.45, 2.75) is 6.92 Å². The monoisotopic (exact) mass is 705 g/mol. The van der Waals surface area contributed by atoms with Crippen molar-refractivity contribution in [2.24, 2.45) is 5.41 Å². The molecule has 0 spiro atoms. The number of anilines is 1. The molecule has 1 amide bonds. The largest absolute Gasteiger partial charge is 0.496 e. The number of fused-ring (bicyclic) bond motifs is 2.